The first kappa shape index (κ1) is 20.9. The van der Waals surface area contributed by atoms with E-state index < -0.39 is 21.7 Å². The Morgan fingerprint density at radius 1 is 0.933 bits per heavy atom. The zero-order valence-corrected chi connectivity index (χ0v) is 17.6. The van der Waals surface area contributed by atoms with Gasteiger partial charge in [-0.25, -0.2) is 12.8 Å². The van der Waals surface area contributed by atoms with Crippen LogP contribution >= 0.6 is 0 Å². The van der Waals surface area contributed by atoms with Gasteiger partial charge in [-0.05, 0) is 62.4 Å². The largest absolute Gasteiger partial charge is 0.438 e. The van der Waals surface area contributed by atoms with Crippen molar-refractivity contribution in [2.75, 3.05) is 36.4 Å². The molecule has 7 nitrogen and oxygen atoms in total. The third kappa shape index (κ3) is 4.37. The van der Waals surface area contributed by atoms with E-state index in [1.165, 1.54) is 28.6 Å². The van der Waals surface area contributed by atoms with Crippen molar-refractivity contribution in [2.24, 2.45) is 0 Å². The number of nitrogens with zero attached hydrogens (tertiary/aromatic N) is 2. The lowest BCUT2D eigenvalue weighted by atomic mass is 10.1. The molecule has 0 saturated carbocycles. The lowest BCUT2D eigenvalue weighted by Crippen LogP contribution is -2.35. The monoisotopic (exact) mass is 435 g/mol. The second-order valence-corrected chi connectivity index (χ2v) is 9.62. The number of hydrogen-bond acceptors (Lipinski definition) is 5. The maximum Gasteiger partial charge on any atom is 0.291 e. The van der Waals surface area contributed by atoms with Crippen molar-refractivity contribution in [1.29, 1.82) is 0 Å². The van der Waals surface area contributed by atoms with E-state index in [2.05, 4.69) is 10.2 Å². The second kappa shape index (κ2) is 8.77. The van der Waals surface area contributed by atoms with E-state index in [-0.39, 0.29) is 10.9 Å². The van der Waals surface area contributed by atoms with Crippen LogP contribution in [0.25, 0.3) is 0 Å². The summed E-state index contributed by atoms with van der Waals surface area (Å²) in [5.74, 6) is -1.20. The van der Waals surface area contributed by atoms with Crippen molar-refractivity contribution >= 4 is 27.3 Å². The standard InChI is InChI=1S/C21H26FN3O4S/c22-16-7-8-18(24-11-3-1-4-12-24)17(15-16)23-21(26)19-9-10-20(29-19)30(27,28)25-13-5-2-6-14-25/h7-10,15H,1-6,11-14H2,(H,23,26). The van der Waals surface area contributed by atoms with Crippen LogP contribution in [0.1, 0.15) is 49.1 Å². The number of nitrogens with one attached hydrogen (secondary N) is 1. The molecule has 3 heterocycles. The van der Waals surface area contributed by atoms with E-state index in [9.17, 15) is 17.6 Å². The predicted octanol–water partition coefficient (Wildman–Crippen LogP) is 3.84. The van der Waals surface area contributed by atoms with E-state index in [1.54, 1.807) is 6.07 Å². The topological polar surface area (TPSA) is 82.9 Å². The minimum absolute atomic E-state index is 0.126. The number of halogens is 1. The molecule has 0 aliphatic carbocycles. The molecule has 0 unspecified atom stereocenters. The number of furan rings is 1. The summed E-state index contributed by atoms with van der Waals surface area (Å²) in [4.78, 5) is 14.8. The van der Waals surface area contributed by atoms with Crippen LogP contribution in [-0.2, 0) is 10.0 Å². The fourth-order valence-corrected chi connectivity index (χ4v) is 5.44. The number of sulfonamides is 1. The van der Waals surface area contributed by atoms with Gasteiger partial charge in [0, 0.05) is 26.2 Å². The third-order valence-corrected chi connectivity index (χ3v) is 7.39. The van der Waals surface area contributed by atoms with Gasteiger partial charge in [-0.2, -0.15) is 4.31 Å². The Labute approximate surface area is 175 Å². The molecule has 2 saturated heterocycles. The molecule has 2 fully saturated rings. The van der Waals surface area contributed by atoms with Gasteiger partial charge in [-0.3, -0.25) is 4.79 Å². The number of carbonyl (C=O) groups excluding carboxylic acids is 1. The minimum atomic E-state index is -3.76. The first-order chi connectivity index (χ1) is 14.4. The second-order valence-electron chi connectivity index (χ2n) is 7.75. The van der Waals surface area contributed by atoms with E-state index in [0.29, 0.717) is 18.8 Å². The highest BCUT2D eigenvalue weighted by molar-refractivity contribution is 7.89. The molecule has 0 bridgehead atoms. The van der Waals surface area contributed by atoms with Crippen LogP contribution in [0.5, 0.6) is 0 Å². The molecule has 1 aromatic heterocycles. The molecular weight excluding hydrogens is 409 g/mol. The lowest BCUT2D eigenvalue weighted by Gasteiger charge is -2.30. The molecule has 4 rings (SSSR count). The van der Waals surface area contributed by atoms with Gasteiger partial charge in [0.25, 0.3) is 15.9 Å². The molecule has 0 atom stereocenters. The Balaban J connectivity index is 1.53. The van der Waals surface area contributed by atoms with Crippen molar-refractivity contribution < 1.29 is 22.0 Å². The predicted molar refractivity (Wildman–Crippen MR) is 112 cm³/mol. The molecule has 0 spiro atoms. The highest BCUT2D eigenvalue weighted by Gasteiger charge is 2.30. The van der Waals surface area contributed by atoms with Crippen molar-refractivity contribution in [3.05, 3.63) is 41.9 Å². The first-order valence-corrected chi connectivity index (χ1v) is 11.8. The van der Waals surface area contributed by atoms with E-state index in [1.807, 2.05) is 0 Å². The van der Waals surface area contributed by atoms with E-state index in [4.69, 9.17) is 4.42 Å². The lowest BCUT2D eigenvalue weighted by molar-refractivity contribution is 0.0991. The summed E-state index contributed by atoms with van der Waals surface area (Å²) < 4.78 is 46.1. The quantitative estimate of drug-likeness (QED) is 0.772. The number of hydrogen-bond donors (Lipinski definition) is 1. The van der Waals surface area contributed by atoms with Crippen LogP contribution in [0.15, 0.2) is 39.8 Å². The van der Waals surface area contributed by atoms with Crippen LogP contribution in [0.3, 0.4) is 0 Å². The van der Waals surface area contributed by atoms with Gasteiger partial charge in [0.05, 0.1) is 11.4 Å². The highest BCUT2D eigenvalue weighted by Crippen LogP contribution is 2.30. The van der Waals surface area contributed by atoms with Crippen molar-refractivity contribution in [1.82, 2.24) is 4.31 Å². The van der Waals surface area contributed by atoms with Crippen LogP contribution < -0.4 is 10.2 Å². The zero-order chi connectivity index (χ0) is 21.1. The zero-order valence-electron chi connectivity index (χ0n) is 16.8. The molecule has 1 N–H and O–H groups in total. The molecule has 9 heteroatoms. The summed E-state index contributed by atoms with van der Waals surface area (Å²) in [7, 11) is -3.76. The minimum Gasteiger partial charge on any atom is -0.438 e. The smallest absolute Gasteiger partial charge is 0.291 e. The number of piperidine rings is 2. The van der Waals surface area contributed by atoms with E-state index in [0.717, 1.165) is 57.3 Å². The summed E-state index contributed by atoms with van der Waals surface area (Å²) in [6.45, 7) is 2.58. The van der Waals surface area contributed by atoms with Gasteiger partial charge in [-0.15, -0.1) is 0 Å². The van der Waals surface area contributed by atoms with Crippen molar-refractivity contribution in [3.8, 4) is 0 Å². The van der Waals surface area contributed by atoms with Gasteiger partial charge in [0.1, 0.15) is 5.82 Å². The average molecular weight is 436 g/mol. The Kier molecular flexibility index (Phi) is 6.10. The summed E-state index contributed by atoms with van der Waals surface area (Å²) in [6.07, 6.45) is 5.87. The molecule has 30 heavy (non-hydrogen) atoms. The summed E-state index contributed by atoms with van der Waals surface area (Å²) in [6, 6.07) is 6.94. The number of benzene rings is 1. The number of amides is 1. The van der Waals surface area contributed by atoms with Crippen LogP contribution in [-0.4, -0.2) is 44.8 Å². The molecule has 1 aromatic carbocycles. The summed E-state index contributed by atoms with van der Waals surface area (Å²) in [5.41, 5.74) is 1.09. The third-order valence-electron chi connectivity index (χ3n) is 5.62. The molecule has 0 radical (unpaired) electrons. The number of rotatable bonds is 5. The van der Waals surface area contributed by atoms with Crippen molar-refractivity contribution in [3.63, 3.8) is 0 Å². The maximum absolute atomic E-state index is 13.9. The van der Waals surface area contributed by atoms with Gasteiger partial charge >= 0.3 is 0 Å². The van der Waals surface area contributed by atoms with E-state index >= 15 is 0 Å². The van der Waals surface area contributed by atoms with Crippen molar-refractivity contribution in [2.45, 2.75) is 43.6 Å². The molecule has 2 aromatic rings. The molecule has 1 amide bonds. The normalized spacial score (nSPS) is 18.4. The van der Waals surface area contributed by atoms with Crippen LogP contribution in [0, 0.1) is 5.82 Å². The summed E-state index contributed by atoms with van der Waals surface area (Å²) in [5, 5.41) is 2.44. The average Bonchev–Trinajstić information content (AvgIpc) is 3.27. The molecular formula is C21H26FN3O4S. The SMILES string of the molecule is O=C(Nc1cc(F)ccc1N1CCCCC1)c1ccc(S(=O)(=O)N2CCCCC2)o1. The van der Waals surface area contributed by atoms with Gasteiger partial charge in [-0.1, -0.05) is 6.42 Å². The fraction of sp³-hybridized carbons (Fsp3) is 0.476. The molecule has 2 aliphatic heterocycles. The van der Waals surface area contributed by atoms with Gasteiger partial charge in [0.15, 0.2) is 5.76 Å². The number of anilines is 2. The highest BCUT2D eigenvalue weighted by atomic mass is 32.2. The van der Waals surface area contributed by atoms with Gasteiger partial charge < -0.3 is 14.6 Å². The Morgan fingerprint density at radius 3 is 2.30 bits per heavy atom. The first-order valence-electron chi connectivity index (χ1n) is 10.4. The maximum atomic E-state index is 13.9. The van der Waals surface area contributed by atoms with Crippen LogP contribution in [0.4, 0.5) is 15.8 Å². The molecule has 2 aliphatic rings. The summed E-state index contributed by atoms with van der Waals surface area (Å²) >= 11 is 0. The Bertz CT molecular complexity index is 1010. The Morgan fingerprint density at radius 2 is 1.60 bits per heavy atom. The fourth-order valence-electron chi connectivity index (χ4n) is 4.02. The van der Waals surface area contributed by atoms with Crippen LogP contribution in [0.2, 0.25) is 0 Å². The Hall–Kier alpha value is -2.39. The number of carbonyl (C=O) groups is 1. The molecule has 162 valence electrons. The van der Waals surface area contributed by atoms with Gasteiger partial charge in [0.2, 0.25) is 5.09 Å².